The summed E-state index contributed by atoms with van der Waals surface area (Å²) in [5.74, 6) is 0.513. The van der Waals surface area contributed by atoms with Gasteiger partial charge in [0.2, 0.25) is 0 Å². The minimum absolute atomic E-state index is 0.176. The summed E-state index contributed by atoms with van der Waals surface area (Å²) in [6.45, 7) is 4.36. The Morgan fingerprint density at radius 2 is 2.00 bits per heavy atom. The van der Waals surface area contributed by atoms with Crippen LogP contribution in [-0.4, -0.2) is 38.1 Å². The third-order valence-electron chi connectivity index (χ3n) is 4.64. The van der Waals surface area contributed by atoms with E-state index in [2.05, 4.69) is 22.1 Å². The van der Waals surface area contributed by atoms with Crippen LogP contribution in [0.25, 0.3) is 0 Å². The Hall–Kier alpha value is -2.56. The van der Waals surface area contributed by atoms with E-state index in [0.29, 0.717) is 11.6 Å². The molecule has 2 aromatic rings. The molecule has 5 nitrogen and oxygen atoms in total. The molecule has 1 saturated heterocycles. The van der Waals surface area contributed by atoms with Crippen molar-refractivity contribution in [1.82, 2.24) is 4.98 Å². The number of pyridine rings is 1. The van der Waals surface area contributed by atoms with Gasteiger partial charge in [0.05, 0.1) is 0 Å². The average molecular weight is 338 g/mol. The Morgan fingerprint density at radius 1 is 1.24 bits per heavy atom. The van der Waals surface area contributed by atoms with Gasteiger partial charge in [0.1, 0.15) is 5.69 Å². The number of piperidine rings is 1. The van der Waals surface area contributed by atoms with Gasteiger partial charge in [-0.3, -0.25) is 9.78 Å². The highest BCUT2D eigenvalue weighted by molar-refractivity contribution is 6.03. The van der Waals surface area contributed by atoms with Crippen LogP contribution in [0.15, 0.2) is 42.6 Å². The summed E-state index contributed by atoms with van der Waals surface area (Å²) in [6.07, 6.45) is 4.19. The van der Waals surface area contributed by atoms with E-state index in [4.69, 9.17) is 0 Å². The van der Waals surface area contributed by atoms with E-state index in [1.54, 1.807) is 6.20 Å². The van der Waals surface area contributed by atoms with Gasteiger partial charge < -0.3 is 15.1 Å². The maximum Gasteiger partial charge on any atom is 0.274 e. The average Bonchev–Trinajstić information content (AvgIpc) is 2.62. The highest BCUT2D eigenvalue weighted by atomic mass is 16.1. The Bertz CT molecular complexity index is 727. The molecule has 25 heavy (non-hydrogen) atoms. The molecule has 1 atom stereocenters. The van der Waals surface area contributed by atoms with Crippen LogP contribution in [0.4, 0.5) is 17.1 Å². The number of hydrogen-bond donors (Lipinski definition) is 1. The number of aromatic nitrogens is 1. The van der Waals surface area contributed by atoms with Crippen molar-refractivity contribution in [2.45, 2.75) is 19.8 Å². The SMILES string of the molecule is CC1CCCN(c2ccnc(C(=O)Nc3ccc(N(C)C)cc3)c2)C1. The third kappa shape index (κ3) is 4.29. The van der Waals surface area contributed by atoms with E-state index < -0.39 is 0 Å². The van der Waals surface area contributed by atoms with Gasteiger partial charge in [0, 0.05) is 50.4 Å². The van der Waals surface area contributed by atoms with Crippen LogP contribution in [0.2, 0.25) is 0 Å². The highest BCUT2D eigenvalue weighted by Crippen LogP contribution is 2.23. The minimum Gasteiger partial charge on any atom is -0.378 e. The van der Waals surface area contributed by atoms with Crippen LogP contribution >= 0.6 is 0 Å². The van der Waals surface area contributed by atoms with Crippen molar-refractivity contribution in [3.8, 4) is 0 Å². The molecule has 2 heterocycles. The summed E-state index contributed by atoms with van der Waals surface area (Å²) in [6, 6.07) is 11.7. The zero-order valence-corrected chi connectivity index (χ0v) is 15.2. The Kier molecular flexibility index (Phi) is 5.22. The van der Waals surface area contributed by atoms with Crippen LogP contribution in [0.3, 0.4) is 0 Å². The smallest absolute Gasteiger partial charge is 0.274 e. The summed E-state index contributed by atoms with van der Waals surface area (Å²) in [5.41, 5.74) is 3.40. The van der Waals surface area contributed by atoms with E-state index >= 15 is 0 Å². The van der Waals surface area contributed by atoms with Crippen molar-refractivity contribution >= 4 is 23.0 Å². The van der Waals surface area contributed by atoms with Gasteiger partial charge in [0.25, 0.3) is 5.91 Å². The molecule has 0 aliphatic carbocycles. The molecule has 0 spiro atoms. The molecule has 1 aromatic heterocycles. The summed E-state index contributed by atoms with van der Waals surface area (Å²) in [7, 11) is 3.98. The summed E-state index contributed by atoms with van der Waals surface area (Å²) < 4.78 is 0. The number of rotatable bonds is 4. The van der Waals surface area contributed by atoms with Gasteiger partial charge in [-0.2, -0.15) is 0 Å². The molecule has 5 heteroatoms. The van der Waals surface area contributed by atoms with Crippen molar-refractivity contribution in [2.75, 3.05) is 42.3 Å². The normalized spacial score (nSPS) is 17.2. The maximum absolute atomic E-state index is 12.5. The van der Waals surface area contributed by atoms with E-state index in [1.807, 2.05) is 55.4 Å². The van der Waals surface area contributed by atoms with Crippen LogP contribution < -0.4 is 15.1 Å². The number of amides is 1. The monoisotopic (exact) mass is 338 g/mol. The molecule has 1 N–H and O–H groups in total. The fraction of sp³-hybridized carbons (Fsp3) is 0.400. The van der Waals surface area contributed by atoms with Gasteiger partial charge >= 0.3 is 0 Å². The predicted octanol–water partition coefficient (Wildman–Crippen LogP) is 3.64. The molecule has 0 radical (unpaired) electrons. The number of hydrogen-bond acceptors (Lipinski definition) is 4. The van der Waals surface area contributed by atoms with E-state index in [-0.39, 0.29) is 5.91 Å². The van der Waals surface area contributed by atoms with Crippen molar-refractivity contribution in [3.63, 3.8) is 0 Å². The van der Waals surface area contributed by atoms with Crippen LogP contribution in [-0.2, 0) is 0 Å². The second kappa shape index (κ2) is 7.55. The Labute approximate surface area is 149 Å². The number of anilines is 3. The van der Waals surface area contributed by atoms with Gasteiger partial charge in [-0.25, -0.2) is 0 Å². The molecule has 1 unspecified atom stereocenters. The number of benzene rings is 1. The van der Waals surface area contributed by atoms with Crippen LogP contribution in [0.1, 0.15) is 30.3 Å². The quantitative estimate of drug-likeness (QED) is 0.925. The minimum atomic E-state index is -0.176. The lowest BCUT2D eigenvalue weighted by Gasteiger charge is -2.32. The molecule has 1 aromatic carbocycles. The number of carbonyl (C=O) groups excluding carboxylic acids is 1. The Morgan fingerprint density at radius 3 is 2.68 bits per heavy atom. The molecule has 1 amide bonds. The standard InChI is InChI=1S/C20H26N4O/c1-15-5-4-12-24(14-15)18-10-11-21-19(13-18)20(25)22-16-6-8-17(9-7-16)23(2)3/h6-11,13,15H,4-5,12,14H2,1-3H3,(H,22,25). The lowest BCUT2D eigenvalue weighted by Crippen LogP contribution is -2.34. The number of carbonyl (C=O) groups is 1. The van der Waals surface area contributed by atoms with Gasteiger partial charge in [0.15, 0.2) is 0 Å². The van der Waals surface area contributed by atoms with Gasteiger partial charge in [-0.05, 0) is 55.2 Å². The Balaban J connectivity index is 1.70. The predicted molar refractivity (Wildman–Crippen MR) is 104 cm³/mol. The molecular formula is C20H26N4O. The van der Waals surface area contributed by atoms with Crippen molar-refractivity contribution in [1.29, 1.82) is 0 Å². The zero-order chi connectivity index (χ0) is 17.8. The first kappa shape index (κ1) is 17.3. The highest BCUT2D eigenvalue weighted by Gasteiger charge is 2.18. The fourth-order valence-electron chi connectivity index (χ4n) is 3.20. The third-order valence-corrected chi connectivity index (χ3v) is 4.64. The van der Waals surface area contributed by atoms with Gasteiger partial charge in [-0.1, -0.05) is 6.92 Å². The van der Waals surface area contributed by atoms with Gasteiger partial charge in [-0.15, -0.1) is 0 Å². The van der Waals surface area contributed by atoms with Crippen LogP contribution in [0, 0.1) is 5.92 Å². The van der Waals surface area contributed by atoms with Crippen molar-refractivity contribution in [2.24, 2.45) is 5.92 Å². The number of nitrogens with one attached hydrogen (secondary N) is 1. The molecule has 1 aliphatic heterocycles. The summed E-state index contributed by atoms with van der Waals surface area (Å²) in [5, 5.41) is 2.92. The molecule has 3 rings (SSSR count). The maximum atomic E-state index is 12.5. The van der Waals surface area contributed by atoms with E-state index in [0.717, 1.165) is 30.2 Å². The molecule has 1 fully saturated rings. The fourth-order valence-corrected chi connectivity index (χ4v) is 3.20. The molecular weight excluding hydrogens is 312 g/mol. The molecule has 132 valence electrons. The van der Waals surface area contributed by atoms with Crippen molar-refractivity contribution in [3.05, 3.63) is 48.3 Å². The van der Waals surface area contributed by atoms with E-state index in [1.165, 1.54) is 12.8 Å². The second-order valence-corrected chi connectivity index (χ2v) is 6.99. The van der Waals surface area contributed by atoms with Crippen molar-refractivity contribution < 1.29 is 4.79 Å². The topological polar surface area (TPSA) is 48.5 Å². The lowest BCUT2D eigenvalue weighted by atomic mass is 10.00. The molecule has 0 saturated carbocycles. The van der Waals surface area contributed by atoms with Crippen LogP contribution in [0.5, 0.6) is 0 Å². The summed E-state index contributed by atoms with van der Waals surface area (Å²) in [4.78, 5) is 21.1. The van der Waals surface area contributed by atoms with E-state index in [9.17, 15) is 4.79 Å². The molecule has 1 aliphatic rings. The first-order valence-electron chi connectivity index (χ1n) is 8.82. The zero-order valence-electron chi connectivity index (χ0n) is 15.2. The first-order chi connectivity index (χ1) is 12.0. The largest absolute Gasteiger partial charge is 0.378 e. The first-order valence-corrected chi connectivity index (χ1v) is 8.82. The summed E-state index contributed by atoms with van der Waals surface area (Å²) >= 11 is 0. The lowest BCUT2D eigenvalue weighted by molar-refractivity contribution is 0.102. The number of nitrogens with zero attached hydrogens (tertiary/aromatic N) is 3. The molecule has 0 bridgehead atoms. The second-order valence-electron chi connectivity index (χ2n) is 6.99.